The van der Waals surface area contributed by atoms with Gasteiger partial charge in [0.1, 0.15) is 30.2 Å². The van der Waals surface area contributed by atoms with Gasteiger partial charge < -0.3 is 35.0 Å². The van der Waals surface area contributed by atoms with E-state index in [1.807, 2.05) is 45.4 Å². The molecule has 2 unspecified atom stereocenters. The summed E-state index contributed by atoms with van der Waals surface area (Å²) in [5, 5.41) is -0.355. The molecule has 11 atom stereocenters. The zero-order valence-corrected chi connectivity index (χ0v) is 32.5. The summed E-state index contributed by atoms with van der Waals surface area (Å²) in [4.78, 5) is 58.9. The number of fused-ring (bicyclic) bond motifs is 6. The van der Waals surface area contributed by atoms with E-state index in [-0.39, 0.29) is 40.5 Å². The van der Waals surface area contributed by atoms with Crippen LogP contribution in [-0.4, -0.2) is 94.8 Å². The number of nitrogens with one attached hydrogen (secondary N) is 1. The second-order valence-corrected chi connectivity index (χ2v) is 23.2. The van der Waals surface area contributed by atoms with Gasteiger partial charge in [-0.25, -0.2) is 29.1 Å². The molecule has 0 bridgehead atoms. The Morgan fingerprint density at radius 1 is 1.00 bits per heavy atom. The smallest absolute Gasteiger partial charge is 0.407 e. The number of aromatic amines is 1. The molecule has 7 N–H and O–H groups in total. The van der Waals surface area contributed by atoms with E-state index in [2.05, 4.69) is 29.9 Å². The summed E-state index contributed by atoms with van der Waals surface area (Å²) in [5.41, 5.74) is 11.5. The number of H-pyrrole nitrogens is 1. The van der Waals surface area contributed by atoms with Crippen molar-refractivity contribution < 1.29 is 46.2 Å². The van der Waals surface area contributed by atoms with Crippen molar-refractivity contribution in [2.24, 2.45) is 17.8 Å². The van der Waals surface area contributed by atoms with E-state index in [0.717, 1.165) is 0 Å². The van der Waals surface area contributed by atoms with Crippen molar-refractivity contribution in [1.29, 1.82) is 0 Å². The molecule has 21 nitrogen and oxygen atoms in total. The van der Waals surface area contributed by atoms with Crippen molar-refractivity contribution in [2.75, 3.05) is 24.7 Å². The predicted octanol–water partition coefficient (Wildman–Crippen LogP) is 2.41. The fourth-order valence-corrected chi connectivity index (χ4v) is 11.3. The fraction of sp³-hybridized carbons (Fsp3) is 0.655. The van der Waals surface area contributed by atoms with Gasteiger partial charge in [0, 0.05) is 11.8 Å². The number of ether oxygens (including phenoxy) is 1. The lowest BCUT2D eigenvalue weighted by atomic mass is 9.94. The standard InChI is InChI=1S/C29H42N10O11P2Si/c1-13-19-14(15-7-29(13,15)39-12-35-17-22(30)32-10-33-23(17)39)8-45-51(41,42)49-20-16(9-46-52(43,44)48-19)47-26(21(20)50-53(5,6)28(2,3)4)38-11-34-18-24(38)36-27(31)37-25(18)40/h10-16,19-21,26H,7-9H2,1-6H3,(H,41,42)(H,43,44)(H2,30,32,33)(H3,31,36,37,40)/t13-,14+,15+,16-,19+,20-,21-,26-,29-/m1/s1. The van der Waals surface area contributed by atoms with Crippen LogP contribution in [0.25, 0.3) is 22.3 Å². The van der Waals surface area contributed by atoms with Gasteiger partial charge in [-0.2, -0.15) is 4.98 Å². The number of imidazole rings is 2. The highest BCUT2D eigenvalue weighted by Gasteiger charge is 2.72. The first-order valence-electron chi connectivity index (χ1n) is 17.0. The SMILES string of the molecule is C[C@@H]1[C@@H]2OP(=O)(O)OC[C@H]3O[C@@H](n4cnc5c(=O)[nH]c(N)nc54)[C@H](O[Si](C)(C)C(C)(C)C)[C@@H]3OP(=O)(O)OC[C@H]2[C@@H]2C[C@@]12n1cnc2c(N)ncnc21. The van der Waals surface area contributed by atoms with Crippen LogP contribution in [0.4, 0.5) is 11.8 Å². The highest BCUT2D eigenvalue weighted by molar-refractivity contribution is 7.47. The molecule has 0 radical (unpaired) electrons. The molecule has 0 spiro atoms. The molecule has 4 aromatic heterocycles. The zero-order chi connectivity index (χ0) is 38.0. The van der Waals surface area contributed by atoms with Crippen molar-refractivity contribution in [3.63, 3.8) is 0 Å². The van der Waals surface area contributed by atoms with Gasteiger partial charge in [-0.3, -0.25) is 32.4 Å². The summed E-state index contributed by atoms with van der Waals surface area (Å²) in [6.45, 7) is 10.8. The van der Waals surface area contributed by atoms with Gasteiger partial charge in [0.2, 0.25) is 5.95 Å². The van der Waals surface area contributed by atoms with Crippen molar-refractivity contribution in [2.45, 2.75) is 88.4 Å². The molecule has 2 saturated heterocycles. The molecular weight excluding hydrogens is 754 g/mol. The van der Waals surface area contributed by atoms with E-state index in [1.165, 1.54) is 17.2 Å². The normalized spacial score (nSPS) is 37.9. The Bertz CT molecular complexity index is 2260. The van der Waals surface area contributed by atoms with Crippen LogP contribution in [-0.2, 0) is 41.9 Å². The summed E-state index contributed by atoms with van der Waals surface area (Å²) in [5.74, 6) is -1.31. The number of phosphoric acid groups is 2. The molecule has 8 rings (SSSR count). The van der Waals surface area contributed by atoms with Crippen molar-refractivity contribution in [3.05, 3.63) is 29.3 Å². The van der Waals surface area contributed by atoms with Crippen molar-refractivity contribution >= 4 is 58.1 Å². The summed E-state index contributed by atoms with van der Waals surface area (Å²) < 4.78 is 67.3. The van der Waals surface area contributed by atoms with Gasteiger partial charge in [0.05, 0.1) is 37.5 Å². The third kappa shape index (κ3) is 5.99. The number of anilines is 2. The number of rotatable bonds is 4. The van der Waals surface area contributed by atoms with Gasteiger partial charge in [-0.05, 0) is 30.5 Å². The Hall–Kier alpha value is -3.14. The third-order valence-corrected chi connectivity index (χ3v) is 18.1. The average molecular weight is 797 g/mol. The molecule has 288 valence electrons. The van der Waals surface area contributed by atoms with Crippen molar-refractivity contribution in [3.8, 4) is 0 Å². The monoisotopic (exact) mass is 796 g/mol. The molecule has 6 heterocycles. The minimum atomic E-state index is -4.92. The Morgan fingerprint density at radius 3 is 2.40 bits per heavy atom. The first-order valence-corrected chi connectivity index (χ1v) is 22.9. The van der Waals surface area contributed by atoms with E-state index in [1.54, 1.807) is 6.33 Å². The van der Waals surface area contributed by atoms with Gasteiger partial charge in [-0.15, -0.1) is 0 Å². The van der Waals surface area contributed by atoms with Crippen LogP contribution in [0.3, 0.4) is 0 Å². The van der Waals surface area contributed by atoms with Crippen LogP contribution < -0.4 is 17.0 Å². The van der Waals surface area contributed by atoms with Crippen LogP contribution in [0.1, 0.15) is 40.3 Å². The number of nitrogens with two attached hydrogens (primary N) is 2. The number of nitrogens with zero attached hydrogens (tertiary/aromatic N) is 7. The Morgan fingerprint density at radius 2 is 1.68 bits per heavy atom. The molecule has 53 heavy (non-hydrogen) atoms. The van der Waals surface area contributed by atoms with Crippen LogP contribution in [0.5, 0.6) is 0 Å². The minimum absolute atomic E-state index is 0.0437. The number of nitrogen functional groups attached to an aromatic ring is 2. The molecule has 4 aliphatic rings. The van der Waals surface area contributed by atoms with E-state index < -0.39 is 84.1 Å². The molecule has 4 fully saturated rings. The largest absolute Gasteiger partial charge is 0.472 e. The molecule has 0 aromatic carbocycles. The number of hydrogen-bond donors (Lipinski definition) is 5. The number of aromatic nitrogens is 8. The Labute approximate surface area is 303 Å². The van der Waals surface area contributed by atoms with Crippen LogP contribution in [0, 0.1) is 17.8 Å². The number of phosphoric ester groups is 2. The summed E-state index contributed by atoms with van der Waals surface area (Å²) in [6, 6.07) is 0. The van der Waals surface area contributed by atoms with Crippen LogP contribution >= 0.6 is 15.6 Å². The highest BCUT2D eigenvalue weighted by Crippen LogP contribution is 2.70. The van der Waals surface area contributed by atoms with E-state index in [4.69, 9.17) is 38.7 Å². The first-order chi connectivity index (χ1) is 24.7. The Kier molecular flexibility index (Phi) is 8.46. The topological polar surface area (TPSA) is 289 Å². The minimum Gasteiger partial charge on any atom is -0.407 e. The summed E-state index contributed by atoms with van der Waals surface area (Å²) in [7, 11) is -12.5. The second-order valence-electron chi connectivity index (χ2n) is 15.7. The van der Waals surface area contributed by atoms with E-state index >= 15 is 0 Å². The quantitative estimate of drug-likeness (QED) is 0.146. The summed E-state index contributed by atoms with van der Waals surface area (Å²) in [6.07, 6.45) is -1.19. The predicted molar refractivity (Wildman–Crippen MR) is 188 cm³/mol. The second kappa shape index (κ2) is 12.2. The molecule has 0 amide bonds. The Balaban J connectivity index is 1.15. The van der Waals surface area contributed by atoms with E-state index in [0.29, 0.717) is 17.6 Å². The summed E-state index contributed by atoms with van der Waals surface area (Å²) >= 11 is 0. The maximum absolute atomic E-state index is 13.9. The first kappa shape index (κ1) is 36.8. The molecule has 2 aliphatic heterocycles. The van der Waals surface area contributed by atoms with Gasteiger partial charge in [-0.1, -0.05) is 27.7 Å². The molecule has 2 saturated carbocycles. The molecule has 2 aliphatic carbocycles. The van der Waals surface area contributed by atoms with E-state index in [9.17, 15) is 23.7 Å². The molecule has 24 heteroatoms. The van der Waals surface area contributed by atoms with Crippen LogP contribution in [0.2, 0.25) is 18.1 Å². The van der Waals surface area contributed by atoms with Crippen LogP contribution in [0.15, 0.2) is 23.8 Å². The van der Waals surface area contributed by atoms with Gasteiger partial charge in [0.25, 0.3) is 5.56 Å². The lowest BCUT2D eigenvalue weighted by Gasteiger charge is -2.40. The number of hydrogen-bond acceptors (Lipinski definition) is 16. The van der Waals surface area contributed by atoms with Gasteiger partial charge in [0.15, 0.2) is 37.2 Å². The fourth-order valence-electron chi connectivity index (χ4n) is 7.94. The van der Waals surface area contributed by atoms with Crippen molar-refractivity contribution in [1.82, 2.24) is 39.0 Å². The highest BCUT2D eigenvalue weighted by atomic mass is 31.2. The molecule has 4 aromatic rings. The average Bonchev–Trinajstić information content (AvgIpc) is 3.32. The maximum Gasteiger partial charge on any atom is 0.472 e. The van der Waals surface area contributed by atoms with Gasteiger partial charge >= 0.3 is 15.6 Å². The lowest BCUT2D eigenvalue weighted by molar-refractivity contribution is -0.0571. The lowest BCUT2D eigenvalue weighted by Crippen LogP contribution is -2.49. The third-order valence-electron chi connectivity index (χ3n) is 11.6. The maximum atomic E-state index is 13.9. The zero-order valence-electron chi connectivity index (χ0n) is 29.7. The molecular formula is C29H42N10O11P2Si.